The predicted octanol–water partition coefficient (Wildman–Crippen LogP) is 4.62. The molecule has 3 heterocycles. The van der Waals surface area contributed by atoms with Gasteiger partial charge in [0.1, 0.15) is 11.5 Å². The predicted molar refractivity (Wildman–Crippen MR) is 143 cm³/mol. The molecular formula is C27H20ClN3O6S. The fourth-order valence-corrected chi connectivity index (χ4v) is 5.45. The molecule has 0 saturated carbocycles. The molecule has 0 N–H and O–H groups in total. The van der Waals surface area contributed by atoms with Gasteiger partial charge in [0, 0.05) is 17.2 Å². The number of hydrogen-bond acceptors (Lipinski definition) is 8. The molecule has 2 aromatic carbocycles. The number of aromatic nitrogens is 1. The van der Waals surface area contributed by atoms with Crippen molar-refractivity contribution in [3.8, 4) is 11.3 Å². The molecule has 5 rings (SSSR count). The van der Waals surface area contributed by atoms with Crippen LogP contribution in [0, 0.1) is 10.1 Å². The minimum Gasteiger partial charge on any atom is -0.463 e. The maximum Gasteiger partial charge on any atom is 0.338 e. The van der Waals surface area contributed by atoms with E-state index in [-0.39, 0.29) is 23.4 Å². The maximum atomic E-state index is 13.7. The molecule has 1 aliphatic rings. The lowest BCUT2D eigenvalue weighted by Crippen LogP contribution is -2.39. The molecule has 4 aromatic rings. The molecule has 2 aromatic heterocycles. The first-order valence-corrected chi connectivity index (χ1v) is 12.8. The topological polar surface area (TPSA) is 117 Å². The van der Waals surface area contributed by atoms with Crippen LogP contribution in [-0.2, 0) is 9.53 Å². The van der Waals surface area contributed by atoms with Gasteiger partial charge in [-0.05, 0) is 49.7 Å². The van der Waals surface area contributed by atoms with Crippen molar-refractivity contribution < 1.29 is 18.9 Å². The fraction of sp³-hybridized carbons (Fsp3) is 0.148. The number of nitro benzene ring substituents is 1. The number of esters is 1. The zero-order valence-electron chi connectivity index (χ0n) is 20.2. The Morgan fingerprint density at radius 2 is 1.95 bits per heavy atom. The van der Waals surface area contributed by atoms with E-state index in [1.54, 1.807) is 74.5 Å². The highest BCUT2D eigenvalue weighted by atomic mass is 35.5. The van der Waals surface area contributed by atoms with Crippen molar-refractivity contribution in [1.82, 2.24) is 4.57 Å². The van der Waals surface area contributed by atoms with Crippen molar-refractivity contribution in [2.45, 2.75) is 19.9 Å². The summed E-state index contributed by atoms with van der Waals surface area (Å²) in [7, 11) is 0. The molecule has 192 valence electrons. The number of fused-ring (bicyclic) bond motifs is 1. The average Bonchev–Trinajstić information content (AvgIpc) is 3.48. The lowest BCUT2D eigenvalue weighted by atomic mass is 9.96. The Morgan fingerprint density at radius 1 is 1.21 bits per heavy atom. The number of thiazole rings is 1. The van der Waals surface area contributed by atoms with Gasteiger partial charge in [0.2, 0.25) is 0 Å². The van der Waals surface area contributed by atoms with Gasteiger partial charge >= 0.3 is 5.97 Å². The number of nitrogens with zero attached hydrogens (tertiary/aromatic N) is 3. The number of carbonyl (C=O) groups excluding carboxylic acids is 1. The Bertz CT molecular complexity index is 1780. The Kier molecular flexibility index (Phi) is 6.83. The number of rotatable bonds is 6. The van der Waals surface area contributed by atoms with Crippen LogP contribution < -0.4 is 14.9 Å². The molecule has 0 aliphatic carbocycles. The molecule has 38 heavy (non-hydrogen) atoms. The van der Waals surface area contributed by atoms with Crippen LogP contribution in [0.2, 0.25) is 5.02 Å². The summed E-state index contributed by atoms with van der Waals surface area (Å²) >= 11 is 7.24. The van der Waals surface area contributed by atoms with Gasteiger partial charge in [-0.25, -0.2) is 9.79 Å². The van der Waals surface area contributed by atoms with E-state index >= 15 is 0 Å². The number of ether oxygens (including phenoxy) is 1. The highest BCUT2D eigenvalue weighted by molar-refractivity contribution is 7.07. The third-order valence-electron chi connectivity index (χ3n) is 5.97. The Morgan fingerprint density at radius 3 is 2.66 bits per heavy atom. The van der Waals surface area contributed by atoms with Crippen LogP contribution >= 0.6 is 22.9 Å². The zero-order chi connectivity index (χ0) is 27.0. The second-order valence-electron chi connectivity index (χ2n) is 8.33. The third-order valence-corrected chi connectivity index (χ3v) is 7.20. The summed E-state index contributed by atoms with van der Waals surface area (Å²) in [5, 5.41) is 11.9. The van der Waals surface area contributed by atoms with Crippen LogP contribution in [-0.4, -0.2) is 22.1 Å². The molecule has 0 spiro atoms. The zero-order valence-corrected chi connectivity index (χ0v) is 21.8. The number of halogens is 1. The minimum absolute atomic E-state index is 0.0855. The number of para-hydroxylation sites is 1. The summed E-state index contributed by atoms with van der Waals surface area (Å²) in [5.74, 6) is 0.0895. The molecular weight excluding hydrogens is 530 g/mol. The first kappa shape index (κ1) is 25.4. The number of allylic oxidation sites excluding steroid dienone is 1. The van der Waals surface area contributed by atoms with Crippen molar-refractivity contribution in [3.05, 3.63) is 118 Å². The first-order chi connectivity index (χ1) is 18.3. The van der Waals surface area contributed by atoms with Crippen LogP contribution in [0.25, 0.3) is 17.4 Å². The van der Waals surface area contributed by atoms with Gasteiger partial charge in [-0.15, -0.1) is 0 Å². The second kappa shape index (κ2) is 10.2. The molecule has 0 bridgehead atoms. The molecule has 1 aliphatic heterocycles. The number of hydrogen-bond donors (Lipinski definition) is 0. The van der Waals surface area contributed by atoms with Crippen molar-refractivity contribution in [2.24, 2.45) is 4.99 Å². The van der Waals surface area contributed by atoms with Gasteiger partial charge in [0.15, 0.2) is 4.80 Å². The van der Waals surface area contributed by atoms with Gasteiger partial charge in [-0.1, -0.05) is 47.2 Å². The van der Waals surface area contributed by atoms with E-state index in [4.69, 9.17) is 20.8 Å². The first-order valence-electron chi connectivity index (χ1n) is 11.6. The smallest absolute Gasteiger partial charge is 0.338 e. The van der Waals surface area contributed by atoms with Crippen molar-refractivity contribution in [2.75, 3.05) is 6.61 Å². The Labute approximate surface area is 224 Å². The monoisotopic (exact) mass is 549 g/mol. The molecule has 11 heteroatoms. The number of carbonyl (C=O) groups is 1. The van der Waals surface area contributed by atoms with Crippen LogP contribution in [0.1, 0.15) is 31.2 Å². The summed E-state index contributed by atoms with van der Waals surface area (Å²) in [6, 6.07) is 15.6. The van der Waals surface area contributed by atoms with E-state index in [1.807, 2.05) is 0 Å². The van der Waals surface area contributed by atoms with E-state index in [0.717, 1.165) is 11.3 Å². The lowest BCUT2D eigenvalue weighted by Gasteiger charge is -2.24. The van der Waals surface area contributed by atoms with Gasteiger partial charge in [-0.3, -0.25) is 19.5 Å². The fourth-order valence-electron chi connectivity index (χ4n) is 4.30. The second-order valence-corrected chi connectivity index (χ2v) is 9.78. The summed E-state index contributed by atoms with van der Waals surface area (Å²) in [4.78, 5) is 42.5. The standard InChI is InChI=1S/C27H20ClN3O6S/c1-3-36-26(33)23-15(2)29-27-30(24(23)16-8-10-17(28)11-9-16)25(32)22(38-27)14-18-12-13-21(37-18)19-6-4-5-7-20(19)31(34)35/h4-14,24H,3H2,1-2H3/b22-14-/t24-/m1/s1. The Balaban J connectivity index is 1.64. The van der Waals surface area contributed by atoms with Crippen LogP contribution in [0.4, 0.5) is 5.69 Å². The molecule has 1 atom stereocenters. The summed E-state index contributed by atoms with van der Waals surface area (Å²) < 4.78 is 12.9. The highest BCUT2D eigenvalue weighted by Crippen LogP contribution is 2.32. The van der Waals surface area contributed by atoms with Gasteiger partial charge in [0.05, 0.1) is 38.9 Å². The largest absolute Gasteiger partial charge is 0.463 e. The quantitative estimate of drug-likeness (QED) is 0.197. The van der Waals surface area contributed by atoms with Gasteiger partial charge in [0.25, 0.3) is 11.2 Å². The van der Waals surface area contributed by atoms with E-state index in [9.17, 15) is 19.7 Å². The van der Waals surface area contributed by atoms with E-state index in [2.05, 4.69) is 4.99 Å². The number of furan rings is 1. The Hall–Kier alpha value is -4.28. The molecule has 0 unspecified atom stereocenters. The van der Waals surface area contributed by atoms with Crippen molar-refractivity contribution in [3.63, 3.8) is 0 Å². The van der Waals surface area contributed by atoms with E-state index in [0.29, 0.717) is 42.7 Å². The summed E-state index contributed by atoms with van der Waals surface area (Å²) in [6.45, 7) is 3.59. The summed E-state index contributed by atoms with van der Waals surface area (Å²) in [5.41, 5.74) is 1.27. The van der Waals surface area contributed by atoms with E-state index < -0.39 is 16.9 Å². The molecule has 9 nitrogen and oxygen atoms in total. The molecule has 0 fully saturated rings. The van der Waals surface area contributed by atoms with Gasteiger partial charge in [-0.2, -0.15) is 0 Å². The lowest BCUT2D eigenvalue weighted by molar-refractivity contribution is -0.384. The SMILES string of the molecule is CCOC(=O)C1=C(C)N=c2s/c(=C\c3ccc(-c4ccccc4[N+](=O)[O-])o3)c(=O)n2[C@@H]1c1ccc(Cl)cc1. The van der Waals surface area contributed by atoms with Crippen molar-refractivity contribution in [1.29, 1.82) is 0 Å². The third kappa shape index (κ3) is 4.59. The van der Waals surface area contributed by atoms with Crippen LogP contribution in [0.5, 0.6) is 0 Å². The average molecular weight is 550 g/mol. The van der Waals surface area contributed by atoms with Crippen molar-refractivity contribution >= 4 is 40.7 Å². The number of benzene rings is 2. The number of nitro groups is 1. The maximum absolute atomic E-state index is 13.7. The summed E-state index contributed by atoms with van der Waals surface area (Å²) in [6.07, 6.45) is 1.56. The van der Waals surface area contributed by atoms with E-state index in [1.165, 1.54) is 10.6 Å². The van der Waals surface area contributed by atoms with Gasteiger partial charge < -0.3 is 9.15 Å². The van der Waals surface area contributed by atoms with Crippen LogP contribution in [0.15, 0.2) is 86.1 Å². The molecule has 0 radical (unpaired) electrons. The molecule has 0 saturated heterocycles. The van der Waals surface area contributed by atoms with Crippen LogP contribution in [0.3, 0.4) is 0 Å². The molecule has 0 amide bonds. The normalized spacial score (nSPS) is 15.2. The minimum atomic E-state index is -0.760. The highest BCUT2D eigenvalue weighted by Gasteiger charge is 2.33.